The molecule has 1 aromatic carbocycles. The molecule has 0 aliphatic carbocycles. The summed E-state index contributed by atoms with van der Waals surface area (Å²) in [7, 11) is -3.94. The van der Waals surface area contributed by atoms with Crippen LogP contribution in [0.4, 0.5) is 4.79 Å². The van der Waals surface area contributed by atoms with E-state index in [9.17, 15) is 18.3 Å². The number of amides is 1. The number of rotatable bonds is 6. The monoisotopic (exact) mass is 345 g/mol. The summed E-state index contributed by atoms with van der Waals surface area (Å²) < 4.78 is 33.6. The molecule has 1 amide bonds. The molecule has 0 aliphatic heterocycles. The maximum atomic E-state index is 11.9. The fraction of sp³-hybridized carbons (Fsp3) is 0.533. The van der Waals surface area contributed by atoms with Gasteiger partial charge in [0.25, 0.3) is 10.1 Å². The van der Waals surface area contributed by atoms with Gasteiger partial charge in [0.15, 0.2) is 0 Å². The largest absolute Gasteiger partial charge is 0.444 e. The van der Waals surface area contributed by atoms with E-state index < -0.39 is 34.5 Å². The van der Waals surface area contributed by atoms with Crippen molar-refractivity contribution >= 4 is 16.2 Å². The van der Waals surface area contributed by atoms with E-state index >= 15 is 0 Å². The van der Waals surface area contributed by atoms with Gasteiger partial charge in [-0.15, -0.1) is 0 Å². The minimum atomic E-state index is -3.94. The number of alkyl carbamates (subject to hydrolysis) is 1. The van der Waals surface area contributed by atoms with Crippen LogP contribution in [0.2, 0.25) is 0 Å². The SMILES string of the molecule is Cc1ccc(S(=O)(=O)OCC(O)CNC(=O)OC(C)(C)C)cc1. The van der Waals surface area contributed by atoms with Gasteiger partial charge in [-0.2, -0.15) is 8.42 Å². The molecule has 0 radical (unpaired) electrons. The van der Waals surface area contributed by atoms with Crippen LogP contribution < -0.4 is 5.32 Å². The van der Waals surface area contributed by atoms with Crippen LogP contribution in [-0.2, 0) is 19.0 Å². The van der Waals surface area contributed by atoms with E-state index in [1.54, 1.807) is 32.9 Å². The topological polar surface area (TPSA) is 102 Å². The summed E-state index contributed by atoms with van der Waals surface area (Å²) in [6, 6.07) is 6.15. The first-order chi connectivity index (χ1) is 10.5. The van der Waals surface area contributed by atoms with E-state index in [1.165, 1.54) is 12.1 Å². The van der Waals surface area contributed by atoms with Gasteiger partial charge in [-0.05, 0) is 39.8 Å². The molecule has 130 valence electrons. The summed E-state index contributed by atoms with van der Waals surface area (Å²) in [4.78, 5) is 11.4. The first kappa shape index (κ1) is 19.4. The Bertz CT molecular complexity index is 618. The van der Waals surface area contributed by atoms with Crippen LogP contribution in [0, 0.1) is 6.92 Å². The third-order valence-corrected chi connectivity index (χ3v) is 3.90. The molecule has 1 aromatic rings. The standard InChI is InChI=1S/C15H23NO6S/c1-11-5-7-13(8-6-11)23(19,20)21-10-12(17)9-16-14(18)22-15(2,3)4/h5-8,12,17H,9-10H2,1-4H3,(H,16,18). The fourth-order valence-electron chi connectivity index (χ4n) is 1.52. The molecule has 0 spiro atoms. The second-order valence-corrected chi connectivity index (χ2v) is 7.70. The number of ether oxygens (including phenoxy) is 1. The van der Waals surface area contributed by atoms with Crippen molar-refractivity contribution in [2.45, 2.75) is 44.3 Å². The van der Waals surface area contributed by atoms with Crippen molar-refractivity contribution in [1.29, 1.82) is 0 Å². The third-order valence-electron chi connectivity index (χ3n) is 2.61. The number of carbonyl (C=O) groups excluding carboxylic acids is 1. The second kappa shape index (κ2) is 7.76. The molecule has 0 heterocycles. The first-order valence-electron chi connectivity index (χ1n) is 7.10. The Morgan fingerprint density at radius 2 is 1.83 bits per heavy atom. The molecule has 8 heteroatoms. The third kappa shape index (κ3) is 7.45. The lowest BCUT2D eigenvalue weighted by atomic mass is 10.2. The summed E-state index contributed by atoms with van der Waals surface area (Å²) in [6.07, 6.45) is -1.87. The Morgan fingerprint density at radius 3 is 2.35 bits per heavy atom. The van der Waals surface area contributed by atoms with Crippen molar-refractivity contribution in [2.24, 2.45) is 0 Å². The van der Waals surface area contributed by atoms with Crippen molar-refractivity contribution < 1.29 is 27.2 Å². The summed E-state index contributed by atoms with van der Waals surface area (Å²) >= 11 is 0. The minimum absolute atomic E-state index is 0.00963. The van der Waals surface area contributed by atoms with Gasteiger partial charge in [0.1, 0.15) is 5.60 Å². The Labute approximate surface area is 136 Å². The normalized spacial score (nSPS) is 13.4. The Balaban J connectivity index is 2.45. The highest BCUT2D eigenvalue weighted by Crippen LogP contribution is 2.13. The number of aliphatic hydroxyl groups is 1. The lowest BCUT2D eigenvalue weighted by Crippen LogP contribution is -2.38. The van der Waals surface area contributed by atoms with E-state index in [4.69, 9.17) is 8.92 Å². The zero-order valence-corrected chi connectivity index (χ0v) is 14.5. The van der Waals surface area contributed by atoms with Crippen LogP contribution in [0.25, 0.3) is 0 Å². The van der Waals surface area contributed by atoms with E-state index in [0.29, 0.717) is 0 Å². The molecule has 23 heavy (non-hydrogen) atoms. The lowest BCUT2D eigenvalue weighted by Gasteiger charge is -2.20. The zero-order valence-electron chi connectivity index (χ0n) is 13.7. The molecule has 0 saturated heterocycles. The number of aryl methyl sites for hydroxylation is 1. The molecular weight excluding hydrogens is 322 g/mol. The van der Waals surface area contributed by atoms with Crippen molar-refractivity contribution in [1.82, 2.24) is 5.32 Å². The fourth-order valence-corrected chi connectivity index (χ4v) is 2.46. The molecule has 1 unspecified atom stereocenters. The van der Waals surface area contributed by atoms with Crippen LogP contribution in [0.1, 0.15) is 26.3 Å². The van der Waals surface area contributed by atoms with Crippen molar-refractivity contribution in [3.05, 3.63) is 29.8 Å². The molecule has 0 fully saturated rings. The molecule has 0 saturated carbocycles. The number of hydrogen-bond acceptors (Lipinski definition) is 6. The highest BCUT2D eigenvalue weighted by atomic mass is 32.2. The molecule has 0 aliphatic rings. The van der Waals surface area contributed by atoms with Crippen LogP contribution in [0.3, 0.4) is 0 Å². The van der Waals surface area contributed by atoms with Gasteiger partial charge in [0, 0.05) is 6.54 Å². The van der Waals surface area contributed by atoms with Crippen LogP contribution in [0.15, 0.2) is 29.2 Å². The first-order valence-corrected chi connectivity index (χ1v) is 8.51. The van der Waals surface area contributed by atoms with Gasteiger partial charge in [-0.3, -0.25) is 4.18 Å². The average molecular weight is 345 g/mol. The quantitative estimate of drug-likeness (QED) is 0.759. The maximum Gasteiger partial charge on any atom is 0.407 e. The van der Waals surface area contributed by atoms with Gasteiger partial charge in [-0.25, -0.2) is 4.79 Å². The number of hydrogen-bond donors (Lipinski definition) is 2. The highest BCUT2D eigenvalue weighted by molar-refractivity contribution is 7.86. The summed E-state index contributed by atoms with van der Waals surface area (Å²) in [5.74, 6) is 0. The molecule has 0 aromatic heterocycles. The summed E-state index contributed by atoms with van der Waals surface area (Å²) in [5.41, 5.74) is 0.269. The number of nitrogens with one attached hydrogen (secondary N) is 1. The van der Waals surface area contributed by atoms with Gasteiger partial charge in [0.2, 0.25) is 0 Å². The Hall–Kier alpha value is -1.64. The van der Waals surface area contributed by atoms with Crippen molar-refractivity contribution in [3.8, 4) is 0 Å². The predicted molar refractivity (Wildman–Crippen MR) is 84.6 cm³/mol. The number of carbonyl (C=O) groups is 1. The van der Waals surface area contributed by atoms with Crippen molar-refractivity contribution in [2.75, 3.05) is 13.2 Å². The number of benzene rings is 1. The van der Waals surface area contributed by atoms with Gasteiger partial charge < -0.3 is 15.2 Å². The maximum absolute atomic E-state index is 11.9. The van der Waals surface area contributed by atoms with Crippen molar-refractivity contribution in [3.63, 3.8) is 0 Å². The summed E-state index contributed by atoms with van der Waals surface area (Å²) in [5, 5.41) is 12.0. The molecular formula is C15H23NO6S. The number of aliphatic hydroxyl groups excluding tert-OH is 1. The minimum Gasteiger partial charge on any atom is -0.444 e. The lowest BCUT2D eigenvalue weighted by molar-refractivity contribution is 0.0466. The van der Waals surface area contributed by atoms with E-state index in [1.807, 2.05) is 6.92 Å². The Morgan fingerprint density at radius 1 is 1.26 bits per heavy atom. The smallest absolute Gasteiger partial charge is 0.407 e. The van der Waals surface area contributed by atoms with E-state index in [2.05, 4.69) is 5.32 Å². The van der Waals surface area contributed by atoms with Crippen LogP contribution >= 0.6 is 0 Å². The molecule has 1 rings (SSSR count). The predicted octanol–water partition coefficient (Wildman–Crippen LogP) is 1.59. The van der Waals surface area contributed by atoms with Crippen LogP contribution in [0.5, 0.6) is 0 Å². The van der Waals surface area contributed by atoms with E-state index in [0.717, 1.165) is 5.56 Å². The molecule has 7 nitrogen and oxygen atoms in total. The molecule has 0 bridgehead atoms. The van der Waals surface area contributed by atoms with Crippen LogP contribution in [-0.4, -0.2) is 44.5 Å². The van der Waals surface area contributed by atoms with E-state index in [-0.39, 0.29) is 11.4 Å². The highest BCUT2D eigenvalue weighted by Gasteiger charge is 2.19. The Kier molecular flexibility index (Phi) is 6.55. The second-order valence-electron chi connectivity index (χ2n) is 6.09. The molecule has 2 N–H and O–H groups in total. The average Bonchev–Trinajstić information content (AvgIpc) is 2.41. The van der Waals surface area contributed by atoms with Gasteiger partial charge >= 0.3 is 6.09 Å². The molecule has 1 atom stereocenters. The zero-order chi connectivity index (χ0) is 17.7. The van der Waals surface area contributed by atoms with Gasteiger partial charge in [0.05, 0.1) is 17.6 Å². The summed E-state index contributed by atoms with van der Waals surface area (Å²) in [6.45, 7) is 6.31. The van der Waals surface area contributed by atoms with Gasteiger partial charge in [-0.1, -0.05) is 17.7 Å².